The molecule has 0 spiro atoms. The summed E-state index contributed by atoms with van der Waals surface area (Å²) in [5.41, 5.74) is 1.81. The zero-order chi connectivity index (χ0) is 21.3. The molecule has 0 atom stereocenters. The van der Waals surface area contributed by atoms with E-state index in [4.69, 9.17) is 4.74 Å². The van der Waals surface area contributed by atoms with Crippen LogP contribution >= 0.6 is 0 Å². The molecule has 3 rings (SSSR count). The van der Waals surface area contributed by atoms with E-state index in [2.05, 4.69) is 11.1 Å². The molecule has 0 aliphatic rings. The first kappa shape index (κ1) is 20.3. The first-order valence-corrected chi connectivity index (χ1v) is 9.21. The standard InChI is InChI=1S/C21H24N4O4/c1-13-8-14(2)10-16(9-13)29-7-6-23(3)19(26)15-11-17-18(22-12-15)24(4)21(28)25(5)20(17)27/h8-12H,6-7H2,1-5H3. The minimum absolute atomic E-state index is 0.223. The van der Waals surface area contributed by atoms with E-state index in [0.29, 0.717) is 13.2 Å². The lowest BCUT2D eigenvalue weighted by molar-refractivity contribution is 0.0773. The third-order valence-corrected chi connectivity index (χ3v) is 4.78. The highest BCUT2D eigenvalue weighted by atomic mass is 16.5. The average Bonchev–Trinajstić information content (AvgIpc) is 2.68. The van der Waals surface area contributed by atoms with E-state index in [1.807, 2.05) is 26.0 Å². The van der Waals surface area contributed by atoms with Gasteiger partial charge in [-0.3, -0.25) is 18.7 Å². The zero-order valence-electron chi connectivity index (χ0n) is 17.2. The number of aryl methyl sites for hydroxylation is 3. The topological polar surface area (TPSA) is 86.4 Å². The van der Waals surface area contributed by atoms with Crippen molar-refractivity contribution in [2.75, 3.05) is 20.2 Å². The molecule has 0 saturated carbocycles. The van der Waals surface area contributed by atoms with Gasteiger partial charge >= 0.3 is 5.69 Å². The Bertz CT molecular complexity index is 1190. The molecule has 2 heterocycles. The van der Waals surface area contributed by atoms with E-state index in [1.54, 1.807) is 7.05 Å². The maximum atomic E-state index is 12.7. The molecule has 0 radical (unpaired) electrons. The van der Waals surface area contributed by atoms with E-state index >= 15 is 0 Å². The molecule has 8 nitrogen and oxygen atoms in total. The molecule has 2 aromatic heterocycles. The predicted octanol–water partition coefficient (Wildman–Crippen LogP) is 1.40. The SMILES string of the molecule is Cc1cc(C)cc(OCCN(C)C(=O)c2cnc3c(c2)c(=O)n(C)c(=O)n3C)c1. The van der Waals surface area contributed by atoms with Gasteiger partial charge in [0.1, 0.15) is 18.0 Å². The van der Waals surface area contributed by atoms with E-state index in [9.17, 15) is 14.4 Å². The summed E-state index contributed by atoms with van der Waals surface area (Å²) in [5.74, 6) is 0.486. The Hall–Kier alpha value is -3.42. The third kappa shape index (κ3) is 4.06. The van der Waals surface area contributed by atoms with Gasteiger partial charge in [0, 0.05) is 27.3 Å². The fourth-order valence-corrected chi connectivity index (χ4v) is 3.22. The summed E-state index contributed by atoms with van der Waals surface area (Å²) in [6.07, 6.45) is 1.38. The van der Waals surface area contributed by atoms with Crippen LogP contribution in [0.25, 0.3) is 11.0 Å². The fraction of sp³-hybridized carbons (Fsp3) is 0.333. The predicted molar refractivity (Wildman–Crippen MR) is 111 cm³/mol. The molecule has 0 unspecified atom stereocenters. The number of carbonyl (C=O) groups excluding carboxylic acids is 1. The van der Waals surface area contributed by atoms with Gasteiger partial charge in [0.2, 0.25) is 0 Å². The van der Waals surface area contributed by atoms with Gasteiger partial charge in [0.15, 0.2) is 0 Å². The molecule has 0 saturated heterocycles. The number of hydrogen-bond acceptors (Lipinski definition) is 5. The number of hydrogen-bond donors (Lipinski definition) is 0. The maximum absolute atomic E-state index is 12.7. The lowest BCUT2D eigenvalue weighted by atomic mass is 10.1. The third-order valence-electron chi connectivity index (χ3n) is 4.78. The Morgan fingerprint density at radius 2 is 1.72 bits per heavy atom. The number of nitrogens with zero attached hydrogens (tertiary/aromatic N) is 4. The number of likely N-dealkylation sites (N-methyl/N-ethyl adjacent to an activating group) is 1. The number of benzene rings is 1. The number of aromatic nitrogens is 3. The van der Waals surface area contributed by atoms with Crippen molar-refractivity contribution in [1.29, 1.82) is 0 Å². The molecule has 0 N–H and O–H groups in total. The lowest BCUT2D eigenvalue weighted by Crippen LogP contribution is -2.37. The number of ether oxygens (including phenoxy) is 1. The Morgan fingerprint density at radius 1 is 1.07 bits per heavy atom. The van der Waals surface area contributed by atoms with Crippen LogP contribution in [-0.4, -0.2) is 45.1 Å². The fourth-order valence-electron chi connectivity index (χ4n) is 3.22. The summed E-state index contributed by atoms with van der Waals surface area (Å²) in [7, 11) is 4.60. The van der Waals surface area contributed by atoms with Crippen molar-refractivity contribution in [2.45, 2.75) is 13.8 Å². The number of amides is 1. The van der Waals surface area contributed by atoms with Gasteiger partial charge in [-0.2, -0.15) is 0 Å². The highest BCUT2D eigenvalue weighted by Gasteiger charge is 2.16. The first-order valence-electron chi connectivity index (χ1n) is 9.21. The van der Waals surface area contributed by atoms with Crippen LogP contribution in [0.15, 0.2) is 40.1 Å². The van der Waals surface area contributed by atoms with Gasteiger partial charge < -0.3 is 9.64 Å². The molecule has 0 bridgehead atoms. The van der Waals surface area contributed by atoms with Gasteiger partial charge in [0.25, 0.3) is 11.5 Å². The summed E-state index contributed by atoms with van der Waals surface area (Å²) in [4.78, 5) is 42.8. The molecule has 1 aromatic carbocycles. The van der Waals surface area contributed by atoms with Crippen LogP contribution in [0, 0.1) is 13.8 Å². The normalized spacial score (nSPS) is 10.9. The second kappa shape index (κ2) is 7.90. The minimum Gasteiger partial charge on any atom is -0.492 e. The van der Waals surface area contributed by atoms with Crippen molar-refractivity contribution in [1.82, 2.24) is 19.0 Å². The first-order chi connectivity index (χ1) is 13.7. The van der Waals surface area contributed by atoms with Crippen molar-refractivity contribution in [3.8, 4) is 5.75 Å². The highest BCUT2D eigenvalue weighted by molar-refractivity contribution is 5.96. The molecular weight excluding hydrogens is 372 g/mol. The molecular formula is C21H24N4O4. The van der Waals surface area contributed by atoms with E-state index in [0.717, 1.165) is 21.4 Å². The summed E-state index contributed by atoms with van der Waals surface area (Å²) in [6.45, 7) is 4.71. The zero-order valence-corrected chi connectivity index (χ0v) is 17.2. The molecule has 3 aromatic rings. The maximum Gasteiger partial charge on any atom is 0.332 e. The number of carbonyl (C=O) groups is 1. The van der Waals surface area contributed by atoms with Crippen molar-refractivity contribution < 1.29 is 9.53 Å². The van der Waals surface area contributed by atoms with Crippen LogP contribution in [0.2, 0.25) is 0 Å². The minimum atomic E-state index is -0.481. The van der Waals surface area contributed by atoms with Crippen molar-refractivity contribution >= 4 is 16.9 Å². The lowest BCUT2D eigenvalue weighted by Gasteiger charge is -2.18. The largest absolute Gasteiger partial charge is 0.492 e. The molecule has 0 fully saturated rings. The number of pyridine rings is 1. The molecule has 1 amide bonds. The molecule has 0 aliphatic heterocycles. The van der Waals surface area contributed by atoms with Crippen LogP contribution in [0.3, 0.4) is 0 Å². The van der Waals surface area contributed by atoms with Gasteiger partial charge in [-0.25, -0.2) is 9.78 Å². The molecule has 152 valence electrons. The Labute approximate surface area is 168 Å². The van der Waals surface area contributed by atoms with Crippen LogP contribution in [0.5, 0.6) is 5.75 Å². The number of rotatable bonds is 5. The van der Waals surface area contributed by atoms with Crippen LogP contribution in [-0.2, 0) is 14.1 Å². The number of fused-ring (bicyclic) bond motifs is 1. The van der Waals surface area contributed by atoms with Crippen molar-refractivity contribution in [2.24, 2.45) is 14.1 Å². The summed E-state index contributed by atoms with van der Waals surface area (Å²) in [6, 6.07) is 7.44. The van der Waals surface area contributed by atoms with Gasteiger partial charge in [-0.15, -0.1) is 0 Å². The van der Waals surface area contributed by atoms with Crippen molar-refractivity contribution in [3.63, 3.8) is 0 Å². The summed E-state index contributed by atoms with van der Waals surface area (Å²) in [5, 5.41) is 0.223. The van der Waals surface area contributed by atoms with E-state index in [-0.39, 0.29) is 22.5 Å². The van der Waals surface area contributed by atoms with Gasteiger partial charge in [-0.1, -0.05) is 6.07 Å². The Balaban J connectivity index is 1.76. The second-order valence-electron chi connectivity index (χ2n) is 7.20. The van der Waals surface area contributed by atoms with E-state index in [1.165, 1.54) is 35.8 Å². The molecule has 8 heteroatoms. The monoisotopic (exact) mass is 396 g/mol. The molecule has 0 aliphatic carbocycles. The summed E-state index contributed by atoms with van der Waals surface area (Å²) >= 11 is 0. The second-order valence-corrected chi connectivity index (χ2v) is 7.20. The highest BCUT2D eigenvalue weighted by Crippen LogP contribution is 2.16. The van der Waals surface area contributed by atoms with E-state index < -0.39 is 11.2 Å². The van der Waals surface area contributed by atoms with Gasteiger partial charge in [0.05, 0.1) is 17.5 Å². The Morgan fingerprint density at radius 3 is 2.38 bits per heavy atom. The summed E-state index contributed by atoms with van der Waals surface area (Å²) < 4.78 is 8.04. The van der Waals surface area contributed by atoms with Crippen molar-refractivity contribution in [3.05, 3.63) is 68.0 Å². The smallest absolute Gasteiger partial charge is 0.332 e. The van der Waals surface area contributed by atoms with Crippen LogP contribution in [0.1, 0.15) is 21.5 Å². The van der Waals surface area contributed by atoms with Crippen LogP contribution in [0.4, 0.5) is 0 Å². The average molecular weight is 396 g/mol. The molecule has 29 heavy (non-hydrogen) atoms. The Kier molecular flexibility index (Phi) is 5.54. The van der Waals surface area contributed by atoms with Crippen LogP contribution < -0.4 is 16.0 Å². The quantitative estimate of drug-likeness (QED) is 0.651. The van der Waals surface area contributed by atoms with Gasteiger partial charge in [-0.05, 0) is 43.2 Å².